The van der Waals surface area contributed by atoms with Gasteiger partial charge in [0, 0.05) is 0 Å². The summed E-state index contributed by atoms with van der Waals surface area (Å²) in [6, 6.07) is 7.21. The predicted molar refractivity (Wildman–Crippen MR) is 54.0 cm³/mol. The minimum absolute atomic E-state index is 0.568. The number of hydrogen-bond acceptors (Lipinski definition) is 2. The Kier molecular flexibility index (Phi) is 2.93. The van der Waals surface area contributed by atoms with E-state index in [0.717, 1.165) is 11.8 Å². The Morgan fingerprint density at radius 2 is 2.00 bits per heavy atom. The van der Waals surface area contributed by atoms with Gasteiger partial charge in [-0.2, -0.15) is 0 Å². The zero-order valence-corrected chi connectivity index (χ0v) is 8.26. The first-order valence-electron chi connectivity index (χ1n) is 3.88. The van der Waals surface area contributed by atoms with Gasteiger partial charge < -0.3 is 0 Å². The topological polar surface area (TPSA) is 46.2 Å². The molecule has 0 fully saturated rings. The highest BCUT2D eigenvalue weighted by molar-refractivity contribution is 7.92. The molecule has 0 spiro atoms. The van der Waals surface area contributed by atoms with Gasteiger partial charge >= 0.3 is 0 Å². The van der Waals surface area contributed by atoms with Crippen molar-refractivity contribution in [2.75, 3.05) is 11.0 Å². The van der Waals surface area contributed by atoms with E-state index in [2.05, 4.69) is 11.6 Å². The van der Waals surface area contributed by atoms with Gasteiger partial charge in [0.15, 0.2) is 0 Å². The Balaban J connectivity index is 3.01. The molecule has 0 atom stereocenters. The Morgan fingerprint density at radius 3 is 2.54 bits per heavy atom. The van der Waals surface area contributed by atoms with E-state index in [-0.39, 0.29) is 0 Å². The molecular formula is C9H12NO2S. The van der Waals surface area contributed by atoms with Crippen LogP contribution in [0.5, 0.6) is 0 Å². The first kappa shape index (κ1) is 10.1. The third kappa shape index (κ3) is 3.06. The van der Waals surface area contributed by atoms with Crippen LogP contribution in [-0.4, -0.2) is 14.7 Å². The summed E-state index contributed by atoms with van der Waals surface area (Å²) in [5.41, 5.74) is 1.51. The van der Waals surface area contributed by atoms with Crippen molar-refractivity contribution in [1.29, 1.82) is 0 Å². The van der Waals surface area contributed by atoms with E-state index in [1.54, 1.807) is 12.1 Å². The predicted octanol–water partition coefficient (Wildman–Crippen LogP) is 1.43. The molecule has 0 heterocycles. The van der Waals surface area contributed by atoms with Crippen molar-refractivity contribution in [3.63, 3.8) is 0 Å². The number of benzene rings is 1. The first-order valence-corrected chi connectivity index (χ1v) is 5.77. The number of rotatable bonds is 3. The van der Waals surface area contributed by atoms with Crippen LogP contribution < -0.4 is 4.72 Å². The van der Waals surface area contributed by atoms with Crippen LogP contribution in [0, 0.1) is 6.92 Å². The molecule has 13 heavy (non-hydrogen) atoms. The van der Waals surface area contributed by atoms with E-state index < -0.39 is 10.0 Å². The van der Waals surface area contributed by atoms with Gasteiger partial charge in [0.25, 0.3) is 0 Å². The lowest BCUT2D eigenvalue weighted by atomic mass is 10.1. The molecule has 0 bridgehead atoms. The van der Waals surface area contributed by atoms with Gasteiger partial charge in [0.05, 0.1) is 11.9 Å². The van der Waals surface area contributed by atoms with E-state index in [0.29, 0.717) is 12.1 Å². The maximum Gasteiger partial charge on any atom is 0.229 e. The molecule has 1 rings (SSSR count). The fourth-order valence-electron chi connectivity index (χ4n) is 1.04. The monoisotopic (exact) mass is 198 g/mol. The van der Waals surface area contributed by atoms with Crippen LogP contribution in [0.1, 0.15) is 5.56 Å². The van der Waals surface area contributed by atoms with Crippen molar-refractivity contribution >= 4 is 15.7 Å². The standard InChI is InChI=1S/C9H12NO2S/c1-3-8-6-4-5-7-9(8)10-13(2,11)12/h4-7,10H,1,3H2,2H3. The van der Waals surface area contributed by atoms with E-state index in [9.17, 15) is 8.42 Å². The second-order valence-corrected chi connectivity index (χ2v) is 4.53. The highest BCUT2D eigenvalue weighted by Crippen LogP contribution is 2.15. The Morgan fingerprint density at radius 1 is 1.38 bits per heavy atom. The SMILES string of the molecule is [CH2]Cc1ccccc1NS(C)(=O)=O. The largest absolute Gasteiger partial charge is 0.284 e. The van der Waals surface area contributed by atoms with E-state index in [4.69, 9.17) is 0 Å². The Labute approximate surface area is 78.8 Å². The molecule has 0 saturated carbocycles. The summed E-state index contributed by atoms with van der Waals surface area (Å²) in [6.07, 6.45) is 1.70. The summed E-state index contributed by atoms with van der Waals surface area (Å²) in [4.78, 5) is 0. The average Bonchev–Trinajstić information content (AvgIpc) is 2.02. The quantitative estimate of drug-likeness (QED) is 0.798. The molecule has 0 saturated heterocycles. The van der Waals surface area contributed by atoms with Gasteiger partial charge in [0.1, 0.15) is 0 Å². The maximum absolute atomic E-state index is 10.9. The summed E-state index contributed by atoms with van der Waals surface area (Å²) >= 11 is 0. The fraction of sp³-hybridized carbons (Fsp3) is 0.222. The molecule has 71 valence electrons. The average molecular weight is 198 g/mol. The number of hydrogen-bond donors (Lipinski definition) is 1. The van der Waals surface area contributed by atoms with Crippen LogP contribution in [0.3, 0.4) is 0 Å². The van der Waals surface area contributed by atoms with Crippen LogP contribution in [0.15, 0.2) is 24.3 Å². The zero-order chi connectivity index (χ0) is 9.90. The number of para-hydroxylation sites is 1. The normalized spacial score (nSPS) is 11.2. The van der Waals surface area contributed by atoms with E-state index in [1.807, 2.05) is 12.1 Å². The fourth-order valence-corrected chi connectivity index (χ4v) is 1.64. The van der Waals surface area contributed by atoms with Crippen molar-refractivity contribution < 1.29 is 8.42 Å². The molecular weight excluding hydrogens is 186 g/mol. The molecule has 1 aromatic carbocycles. The number of sulfonamides is 1. The second-order valence-electron chi connectivity index (χ2n) is 2.78. The summed E-state index contributed by atoms with van der Waals surface area (Å²) < 4.78 is 24.3. The van der Waals surface area contributed by atoms with Crippen LogP contribution in [0.25, 0.3) is 0 Å². The van der Waals surface area contributed by atoms with Gasteiger partial charge in [-0.3, -0.25) is 4.72 Å². The lowest BCUT2D eigenvalue weighted by Gasteiger charge is -2.07. The Bertz CT molecular complexity index is 384. The number of nitrogens with one attached hydrogen (secondary N) is 1. The van der Waals surface area contributed by atoms with Crippen molar-refractivity contribution in [3.8, 4) is 0 Å². The molecule has 1 aromatic rings. The molecule has 1 radical (unpaired) electrons. The van der Waals surface area contributed by atoms with Gasteiger partial charge in [-0.25, -0.2) is 8.42 Å². The third-order valence-electron chi connectivity index (χ3n) is 1.58. The van der Waals surface area contributed by atoms with Crippen molar-refractivity contribution in [2.45, 2.75) is 6.42 Å². The molecule has 1 N–H and O–H groups in total. The maximum atomic E-state index is 10.9. The highest BCUT2D eigenvalue weighted by atomic mass is 32.2. The molecule has 0 aliphatic heterocycles. The summed E-state index contributed by atoms with van der Waals surface area (Å²) in [7, 11) is -3.19. The molecule has 0 aliphatic rings. The molecule has 0 aliphatic carbocycles. The van der Waals surface area contributed by atoms with Crippen molar-refractivity contribution in [2.24, 2.45) is 0 Å². The first-order chi connectivity index (χ1) is 6.03. The van der Waals surface area contributed by atoms with Crippen LogP contribution in [0.4, 0.5) is 5.69 Å². The van der Waals surface area contributed by atoms with Crippen LogP contribution >= 0.6 is 0 Å². The second kappa shape index (κ2) is 3.79. The van der Waals surface area contributed by atoms with E-state index >= 15 is 0 Å². The van der Waals surface area contributed by atoms with Gasteiger partial charge in [-0.1, -0.05) is 18.2 Å². The van der Waals surface area contributed by atoms with Gasteiger partial charge in [-0.15, -0.1) is 0 Å². The van der Waals surface area contributed by atoms with Crippen LogP contribution in [-0.2, 0) is 16.4 Å². The molecule has 0 unspecified atom stereocenters. The molecule has 0 aromatic heterocycles. The lowest BCUT2D eigenvalue weighted by Crippen LogP contribution is -2.10. The summed E-state index contributed by atoms with van der Waals surface area (Å²) in [5.74, 6) is 0. The summed E-state index contributed by atoms with van der Waals surface area (Å²) in [6.45, 7) is 3.71. The summed E-state index contributed by atoms with van der Waals surface area (Å²) in [5, 5.41) is 0. The van der Waals surface area contributed by atoms with Crippen LogP contribution in [0.2, 0.25) is 0 Å². The molecule has 0 amide bonds. The van der Waals surface area contributed by atoms with E-state index in [1.165, 1.54) is 0 Å². The van der Waals surface area contributed by atoms with Gasteiger partial charge in [-0.05, 0) is 25.0 Å². The Hall–Kier alpha value is -1.03. The number of anilines is 1. The smallest absolute Gasteiger partial charge is 0.229 e. The highest BCUT2D eigenvalue weighted by Gasteiger charge is 2.04. The van der Waals surface area contributed by atoms with Gasteiger partial charge in [0.2, 0.25) is 10.0 Å². The third-order valence-corrected chi connectivity index (χ3v) is 2.17. The molecule has 4 heteroatoms. The van der Waals surface area contributed by atoms with Crippen molar-refractivity contribution in [3.05, 3.63) is 36.8 Å². The molecule has 3 nitrogen and oxygen atoms in total. The zero-order valence-electron chi connectivity index (χ0n) is 7.45. The minimum atomic E-state index is -3.19. The lowest BCUT2D eigenvalue weighted by molar-refractivity contribution is 0.607. The minimum Gasteiger partial charge on any atom is -0.284 e. The van der Waals surface area contributed by atoms with Crippen molar-refractivity contribution in [1.82, 2.24) is 0 Å².